The number of carbonyl (C=O) groups excluding carboxylic acids is 2. The maximum absolute atomic E-state index is 12.3. The second kappa shape index (κ2) is 12.0. The third-order valence-corrected chi connectivity index (χ3v) is 4.86. The Hall–Kier alpha value is -2.62. The van der Waals surface area contributed by atoms with Crippen molar-refractivity contribution in [2.45, 2.75) is 39.5 Å². The molecule has 0 radical (unpaired) electrons. The van der Waals surface area contributed by atoms with Crippen molar-refractivity contribution in [1.82, 2.24) is 0 Å². The molecule has 150 valence electrons. The van der Waals surface area contributed by atoms with Crippen molar-refractivity contribution >= 4 is 11.9 Å². The number of benzene rings is 2. The van der Waals surface area contributed by atoms with Crippen molar-refractivity contribution in [3.05, 3.63) is 71.8 Å². The lowest BCUT2D eigenvalue weighted by atomic mass is 9.86. The average molecular weight is 383 g/mol. The fourth-order valence-corrected chi connectivity index (χ4v) is 3.33. The van der Waals surface area contributed by atoms with Gasteiger partial charge in [0, 0.05) is 0 Å². The molecule has 0 N–H and O–H groups in total. The molecule has 2 aromatic carbocycles. The van der Waals surface area contributed by atoms with Gasteiger partial charge in [0.25, 0.3) is 0 Å². The number of rotatable bonds is 11. The summed E-state index contributed by atoms with van der Waals surface area (Å²) in [6.45, 7) is 4.92. The highest BCUT2D eigenvalue weighted by Crippen LogP contribution is 2.24. The van der Waals surface area contributed by atoms with Gasteiger partial charge < -0.3 is 9.47 Å². The van der Waals surface area contributed by atoms with Crippen molar-refractivity contribution in [3.8, 4) is 0 Å². The van der Waals surface area contributed by atoms with Gasteiger partial charge in [-0.1, -0.05) is 63.1 Å². The molecule has 0 bridgehead atoms. The highest BCUT2D eigenvalue weighted by molar-refractivity contribution is 5.89. The van der Waals surface area contributed by atoms with Gasteiger partial charge in [0.05, 0.1) is 24.3 Å². The van der Waals surface area contributed by atoms with Gasteiger partial charge in [-0.2, -0.15) is 0 Å². The first-order chi connectivity index (χ1) is 13.7. The van der Waals surface area contributed by atoms with Gasteiger partial charge in [0.15, 0.2) is 0 Å². The first-order valence-corrected chi connectivity index (χ1v) is 10.1. The van der Waals surface area contributed by atoms with Crippen LogP contribution in [-0.2, 0) is 9.47 Å². The molecule has 4 heteroatoms. The van der Waals surface area contributed by atoms with E-state index in [9.17, 15) is 9.59 Å². The van der Waals surface area contributed by atoms with E-state index in [4.69, 9.17) is 9.47 Å². The van der Waals surface area contributed by atoms with Gasteiger partial charge in [0.2, 0.25) is 0 Å². The van der Waals surface area contributed by atoms with E-state index < -0.39 is 0 Å². The number of esters is 2. The van der Waals surface area contributed by atoms with E-state index in [0.717, 1.165) is 25.7 Å². The van der Waals surface area contributed by atoms with Gasteiger partial charge in [-0.25, -0.2) is 9.59 Å². The molecular formula is C24H30O4. The molecule has 2 rings (SSSR count). The zero-order chi connectivity index (χ0) is 20.2. The average Bonchev–Trinajstić information content (AvgIpc) is 2.75. The Kier molecular flexibility index (Phi) is 9.26. The second-order valence-electron chi connectivity index (χ2n) is 7.03. The van der Waals surface area contributed by atoms with E-state index in [-0.39, 0.29) is 23.8 Å². The quantitative estimate of drug-likeness (QED) is 0.479. The van der Waals surface area contributed by atoms with Gasteiger partial charge in [-0.05, 0) is 48.9 Å². The first-order valence-electron chi connectivity index (χ1n) is 10.1. The minimum Gasteiger partial charge on any atom is -0.462 e. The molecule has 28 heavy (non-hydrogen) atoms. The fourth-order valence-electron chi connectivity index (χ4n) is 3.33. The Morgan fingerprint density at radius 1 is 0.679 bits per heavy atom. The molecule has 2 unspecified atom stereocenters. The molecule has 0 saturated heterocycles. The molecule has 2 aromatic rings. The smallest absolute Gasteiger partial charge is 0.338 e. The number of hydrogen-bond acceptors (Lipinski definition) is 4. The van der Waals surface area contributed by atoms with Gasteiger partial charge in [-0.15, -0.1) is 0 Å². The molecule has 0 heterocycles. The molecule has 0 spiro atoms. The molecule has 0 saturated carbocycles. The molecule has 0 aliphatic heterocycles. The number of hydrogen-bond donors (Lipinski definition) is 0. The van der Waals surface area contributed by atoms with Crippen LogP contribution >= 0.6 is 0 Å². The van der Waals surface area contributed by atoms with Gasteiger partial charge >= 0.3 is 11.9 Å². The lowest BCUT2D eigenvalue weighted by Gasteiger charge is -2.26. The highest BCUT2D eigenvalue weighted by atomic mass is 16.5. The van der Waals surface area contributed by atoms with Crippen LogP contribution in [0.15, 0.2) is 60.7 Å². The number of ether oxygens (including phenoxy) is 2. The lowest BCUT2D eigenvalue weighted by molar-refractivity contribution is 0.0193. The highest BCUT2D eigenvalue weighted by Gasteiger charge is 2.24. The van der Waals surface area contributed by atoms with Crippen LogP contribution in [0.3, 0.4) is 0 Å². The minimum absolute atomic E-state index is 0.168. The van der Waals surface area contributed by atoms with Crippen LogP contribution in [0.2, 0.25) is 0 Å². The molecule has 0 amide bonds. The Morgan fingerprint density at radius 3 is 1.36 bits per heavy atom. The molecule has 4 nitrogen and oxygen atoms in total. The Bertz CT molecular complexity index is 648. The third kappa shape index (κ3) is 6.84. The van der Waals surface area contributed by atoms with Crippen LogP contribution in [0.4, 0.5) is 0 Å². The Balaban J connectivity index is 1.96. The standard InChI is InChI=1S/C24H30O4/c1-3-11-21(17-27-23(25)19-13-7-5-8-14-19)22(12-4-2)18-28-24(26)20-15-9-6-10-16-20/h5-10,13-16,21-22H,3-4,11-12,17-18H2,1-2H3. The summed E-state index contributed by atoms with van der Waals surface area (Å²) in [6, 6.07) is 18.0. The summed E-state index contributed by atoms with van der Waals surface area (Å²) in [4.78, 5) is 24.6. The lowest BCUT2D eigenvalue weighted by Crippen LogP contribution is -2.27. The zero-order valence-corrected chi connectivity index (χ0v) is 16.8. The summed E-state index contributed by atoms with van der Waals surface area (Å²) in [5.74, 6) is -0.279. The normalized spacial score (nSPS) is 12.8. The maximum Gasteiger partial charge on any atom is 0.338 e. The molecule has 2 atom stereocenters. The molecule has 0 aliphatic carbocycles. The van der Waals surface area contributed by atoms with Gasteiger partial charge in [-0.3, -0.25) is 0 Å². The SMILES string of the molecule is CCCC(COC(=O)c1ccccc1)C(CCC)COC(=O)c1ccccc1. The maximum atomic E-state index is 12.3. The summed E-state index contributed by atoms with van der Waals surface area (Å²) in [7, 11) is 0. The summed E-state index contributed by atoms with van der Waals surface area (Å²) in [5, 5.41) is 0. The molecule has 0 aromatic heterocycles. The Morgan fingerprint density at radius 2 is 1.04 bits per heavy atom. The third-order valence-electron chi connectivity index (χ3n) is 4.86. The van der Waals surface area contributed by atoms with Crippen LogP contribution in [0.25, 0.3) is 0 Å². The van der Waals surface area contributed by atoms with Crippen LogP contribution in [0, 0.1) is 11.8 Å². The fraction of sp³-hybridized carbons (Fsp3) is 0.417. The second-order valence-corrected chi connectivity index (χ2v) is 7.03. The number of carbonyl (C=O) groups is 2. The zero-order valence-electron chi connectivity index (χ0n) is 16.8. The van der Waals surface area contributed by atoms with E-state index >= 15 is 0 Å². The van der Waals surface area contributed by atoms with E-state index in [1.54, 1.807) is 24.3 Å². The predicted octanol–water partition coefficient (Wildman–Crippen LogP) is 5.53. The van der Waals surface area contributed by atoms with Crippen LogP contribution in [0.5, 0.6) is 0 Å². The van der Waals surface area contributed by atoms with E-state index in [1.807, 2.05) is 36.4 Å². The monoisotopic (exact) mass is 382 g/mol. The minimum atomic E-state index is -0.307. The topological polar surface area (TPSA) is 52.6 Å². The first kappa shape index (κ1) is 21.7. The molecule has 0 fully saturated rings. The summed E-state index contributed by atoms with van der Waals surface area (Å²) in [5.41, 5.74) is 1.11. The van der Waals surface area contributed by atoms with Crippen LogP contribution < -0.4 is 0 Å². The van der Waals surface area contributed by atoms with Crippen molar-refractivity contribution in [2.75, 3.05) is 13.2 Å². The predicted molar refractivity (Wildman–Crippen MR) is 110 cm³/mol. The summed E-state index contributed by atoms with van der Waals surface area (Å²) in [6.07, 6.45) is 3.83. The van der Waals surface area contributed by atoms with Crippen molar-refractivity contribution in [2.24, 2.45) is 11.8 Å². The largest absolute Gasteiger partial charge is 0.462 e. The Labute approximate surface area is 167 Å². The van der Waals surface area contributed by atoms with Crippen molar-refractivity contribution < 1.29 is 19.1 Å². The molecular weight excluding hydrogens is 352 g/mol. The van der Waals surface area contributed by atoms with Crippen LogP contribution in [0.1, 0.15) is 60.2 Å². The van der Waals surface area contributed by atoms with Crippen molar-refractivity contribution in [1.29, 1.82) is 0 Å². The van der Waals surface area contributed by atoms with Gasteiger partial charge in [0.1, 0.15) is 0 Å². The summed E-state index contributed by atoms with van der Waals surface area (Å²) < 4.78 is 11.2. The van der Waals surface area contributed by atoms with Crippen LogP contribution in [-0.4, -0.2) is 25.2 Å². The summed E-state index contributed by atoms with van der Waals surface area (Å²) >= 11 is 0. The van der Waals surface area contributed by atoms with E-state index in [1.165, 1.54) is 0 Å². The van der Waals surface area contributed by atoms with Crippen molar-refractivity contribution in [3.63, 3.8) is 0 Å². The van der Waals surface area contributed by atoms with E-state index in [0.29, 0.717) is 24.3 Å². The molecule has 0 aliphatic rings. The van der Waals surface area contributed by atoms with E-state index in [2.05, 4.69) is 13.8 Å².